The van der Waals surface area contributed by atoms with Crippen LogP contribution in [0.2, 0.25) is 0 Å². The van der Waals surface area contributed by atoms with Crippen LogP contribution in [-0.2, 0) is 4.79 Å². The molecular weight excluding hydrogens is 270 g/mol. The summed E-state index contributed by atoms with van der Waals surface area (Å²) in [4.78, 5) is 23.6. The van der Waals surface area contributed by atoms with Crippen molar-refractivity contribution in [2.75, 3.05) is 13.7 Å². The number of aryl methyl sites for hydroxylation is 1. The molecular formula is C16H21NO4. The molecule has 0 unspecified atom stereocenters. The van der Waals surface area contributed by atoms with Gasteiger partial charge in [0, 0.05) is 12.1 Å². The maximum absolute atomic E-state index is 12.2. The van der Waals surface area contributed by atoms with Crippen LogP contribution < -0.4 is 10.1 Å². The molecule has 1 aromatic rings. The van der Waals surface area contributed by atoms with Crippen LogP contribution in [0.25, 0.3) is 0 Å². The molecule has 0 aromatic heterocycles. The number of benzene rings is 1. The van der Waals surface area contributed by atoms with E-state index in [1.54, 1.807) is 19.2 Å². The Morgan fingerprint density at radius 3 is 2.57 bits per heavy atom. The van der Waals surface area contributed by atoms with Gasteiger partial charge in [0.2, 0.25) is 0 Å². The molecule has 5 nitrogen and oxygen atoms in total. The van der Waals surface area contributed by atoms with Crippen LogP contribution in [0.4, 0.5) is 0 Å². The monoisotopic (exact) mass is 291 g/mol. The molecule has 2 rings (SSSR count). The number of carboxylic acid groups (broad SMARTS) is 1. The number of hydrogen-bond donors (Lipinski definition) is 2. The highest BCUT2D eigenvalue weighted by molar-refractivity contribution is 5.95. The van der Waals surface area contributed by atoms with Crippen LogP contribution >= 0.6 is 0 Å². The van der Waals surface area contributed by atoms with Gasteiger partial charge in [0.1, 0.15) is 5.75 Å². The SMILES string of the molecule is COc1cc(C(=O)NCC2(C(=O)O)CCCC2)ccc1C. The largest absolute Gasteiger partial charge is 0.496 e. The lowest BCUT2D eigenvalue weighted by Gasteiger charge is -2.24. The molecule has 2 N–H and O–H groups in total. The first-order chi connectivity index (χ1) is 9.98. The van der Waals surface area contributed by atoms with Gasteiger partial charge in [-0.2, -0.15) is 0 Å². The third-order valence-corrected chi connectivity index (χ3v) is 4.27. The van der Waals surface area contributed by atoms with E-state index in [0.717, 1.165) is 18.4 Å². The van der Waals surface area contributed by atoms with Gasteiger partial charge in [-0.05, 0) is 37.5 Å². The van der Waals surface area contributed by atoms with Crippen molar-refractivity contribution < 1.29 is 19.4 Å². The van der Waals surface area contributed by atoms with Gasteiger partial charge in [0.25, 0.3) is 5.91 Å². The van der Waals surface area contributed by atoms with Gasteiger partial charge >= 0.3 is 5.97 Å². The molecule has 0 saturated heterocycles. The maximum atomic E-state index is 12.2. The van der Waals surface area contributed by atoms with Crippen LogP contribution in [0.3, 0.4) is 0 Å². The van der Waals surface area contributed by atoms with Crippen LogP contribution in [0, 0.1) is 12.3 Å². The average Bonchev–Trinajstić information content (AvgIpc) is 2.95. The first kappa shape index (κ1) is 15.4. The average molecular weight is 291 g/mol. The molecule has 21 heavy (non-hydrogen) atoms. The predicted molar refractivity (Wildman–Crippen MR) is 78.6 cm³/mol. The normalized spacial score (nSPS) is 16.5. The summed E-state index contributed by atoms with van der Waals surface area (Å²) in [6, 6.07) is 5.21. The van der Waals surface area contributed by atoms with Crippen molar-refractivity contribution >= 4 is 11.9 Å². The molecule has 0 radical (unpaired) electrons. The minimum Gasteiger partial charge on any atom is -0.496 e. The highest BCUT2D eigenvalue weighted by atomic mass is 16.5. The van der Waals surface area contributed by atoms with E-state index >= 15 is 0 Å². The minimum absolute atomic E-state index is 0.178. The fourth-order valence-electron chi connectivity index (χ4n) is 2.83. The van der Waals surface area contributed by atoms with Crippen molar-refractivity contribution in [1.29, 1.82) is 0 Å². The number of methoxy groups -OCH3 is 1. The predicted octanol–water partition coefficient (Wildman–Crippen LogP) is 2.38. The Labute approximate surface area is 124 Å². The summed E-state index contributed by atoms with van der Waals surface area (Å²) in [7, 11) is 1.56. The Bertz CT molecular complexity index is 547. The van der Waals surface area contributed by atoms with Crippen molar-refractivity contribution in [3.63, 3.8) is 0 Å². The smallest absolute Gasteiger partial charge is 0.311 e. The Balaban J connectivity index is 2.06. The number of nitrogens with one attached hydrogen (secondary N) is 1. The van der Waals surface area contributed by atoms with Crippen LogP contribution in [-0.4, -0.2) is 30.6 Å². The second-order valence-corrected chi connectivity index (χ2v) is 5.66. The summed E-state index contributed by atoms with van der Waals surface area (Å²) in [5, 5.41) is 12.2. The van der Waals surface area contributed by atoms with Crippen LogP contribution in [0.1, 0.15) is 41.6 Å². The summed E-state index contributed by atoms with van der Waals surface area (Å²) >= 11 is 0. The van der Waals surface area contributed by atoms with E-state index in [-0.39, 0.29) is 12.5 Å². The van der Waals surface area contributed by atoms with E-state index in [1.165, 1.54) is 0 Å². The second kappa shape index (κ2) is 6.16. The number of carbonyl (C=O) groups is 2. The molecule has 1 saturated carbocycles. The number of amides is 1. The molecule has 1 amide bonds. The lowest BCUT2D eigenvalue weighted by molar-refractivity contribution is -0.148. The first-order valence-corrected chi connectivity index (χ1v) is 7.15. The van der Waals surface area contributed by atoms with Crippen molar-refractivity contribution in [2.24, 2.45) is 5.41 Å². The summed E-state index contributed by atoms with van der Waals surface area (Å²) in [6.07, 6.45) is 3.06. The summed E-state index contributed by atoms with van der Waals surface area (Å²) in [5.41, 5.74) is 0.632. The lowest BCUT2D eigenvalue weighted by atomic mass is 9.86. The highest BCUT2D eigenvalue weighted by Gasteiger charge is 2.41. The van der Waals surface area contributed by atoms with Gasteiger partial charge in [-0.25, -0.2) is 0 Å². The molecule has 0 spiro atoms. The summed E-state index contributed by atoms with van der Waals surface area (Å²) in [6.45, 7) is 2.08. The first-order valence-electron chi connectivity index (χ1n) is 7.15. The van der Waals surface area contributed by atoms with Gasteiger partial charge in [-0.1, -0.05) is 18.9 Å². The zero-order valence-electron chi connectivity index (χ0n) is 12.4. The van der Waals surface area contributed by atoms with Gasteiger partial charge < -0.3 is 15.2 Å². The zero-order valence-corrected chi connectivity index (χ0v) is 12.4. The molecule has 1 aliphatic rings. The van der Waals surface area contributed by atoms with Gasteiger partial charge in [-0.3, -0.25) is 9.59 Å². The van der Waals surface area contributed by atoms with E-state index in [9.17, 15) is 14.7 Å². The second-order valence-electron chi connectivity index (χ2n) is 5.66. The van der Waals surface area contributed by atoms with E-state index in [2.05, 4.69) is 5.32 Å². The molecule has 5 heteroatoms. The maximum Gasteiger partial charge on any atom is 0.311 e. The van der Waals surface area contributed by atoms with Crippen molar-refractivity contribution in [1.82, 2.24) is 5.32 Å². The number of rotatable bonds is 5. The van der Waals surface area contributed by atoms with E-state index in [0.29, 0.717) is 24.2 Å². The number of carbonyl (C=O) groups excluding carboxylic acids is 1. The molecule has 1 aliphatic carbocycles. The number of carboxylic acids is 1. The fraction of sp³-hybridized carbons (Fsp3) is 0.500. The number of hydrogen-bond acceptors (Lipinski definition) is 3. The van der Waals surface area contributed by atoms with Gasteiger partial charge in [0.05, 0.1) is 12.5 Å². The van der Waals surface area contributed by atoms with Crippen LogP contribution in [0.5, 0.6) is 5.75 Å². The molecule has 0 atom stereocenters. The zero-order chi connectivity index (χ0) is 15.5. The van der Waals surface area contributed by atoms with E-state index in [4.69, 9.17) is 4.74 Å². The van der Waals surface area contributed by atoms with Gasteiger partial charge in [0.15, 0.2) is 0 Å². The van der Waals surface area contributed by atoms with Gasteiger partial charge in [-0.15, -0.1) is 0 Å². The Kier molecular flexibility index (Phi) is 4.50. The quantitative estimate of drug-likeness (QED) is 0.873. The van der Waals surface area contributed by atoms with Crippen molar-refractivity contribution in [3.05, 3.63) is 29.3 Å². The van der Waals surface area contributed by atoms with E-state index in [1.807, 2.05) is 13.0 Å². The molecule has 0 heterocycles. The Morgan fingerprint density at radius 1 is 1.33 bits per heavy atom. The van der Waals surface area contributed by atoms with Crippen molar-refractivity contribution in [2.45, 2.75) is 32.6 Å². The molecule has 0 aliphatic heterocycles. The topological polar surface area (TPSA) is 75.6 Å². The molecule has 0 bridgehead atoms. The van der Waals surface area contributed by atoms with Crippen LogP contribution in [0.15, 0.2) is 18.2 Å². The van der Waals surface area contributed by atoms with E-state index < -0.39 is 11.4 Å². The number of aliphatic carboxylic acids is 1. The Hall–Kier alpha value is -2.04. The Morgan fingerprint density at radius 2 is 2.00 bits per heavy atom. The lowest BCUT2D eigenvalue weighted by Crippen LogP contribution is -2.41. The third-order valence-electron chi connectivity index (χ3n) is 4.27. The third kappa shape index (κ3) is 3.17. The number of ether oxygens (including phenoxy) is 1. The van der Waals surface area contributed by atoms with Crippen molar-refractivity contribution in [3.8, 4) is 5.75 Å². The molecule has 1 fully saturated rings. The summed E-state index contributed by atoms with van der Waals surface area (Å²) in [5.74, 6) is -0.431. The molecule has 1 aromatic carbocycles. The fourth-order valence-corrected chi connectivity index (χ4v) is 2.83. The molecule has 114 valence electrons. The summed E-state index contributed by atoms with van der Waals surface area (Å²) < 4.78 is 5.20. The standard InChI is InChI=1S/C16H21NO4/c1-11-5-6-12(9-13(11)21-2)14(18)17-10-16(15(19)20)7-3-4-8-16/h5-6,9H,3-4,7-8,10H2,1-2H3,(H,17,18)(H,19,20). The highest BCUT2D eigenvalue weighted by Crippen LogP contribution is 2.37. The minimum atomic E-state index is -0.818.